The summed E-state index contributed by atoms with van der Waals surface area (Å²) in [5.74, 6) is -0.345. The number of nitrogens with zero attached hydrogens (tertiary/aromatic N) is 3. The van der Waals surface area contributed by atoms with Gasteiger partial charge in [-0.1, -0.05) is 6.07 Å². The number of ether oxygens (including phenoxy) is 1. The molecule has 0 saturated carbocycles. The summed E-state index contributed by atoms with van der Waals surface area (Å²) in [5, 5.41) is 2.49. The van der Waals surface area contributed by atoms with Crippen molar-refractivity contribution >= 4 is 11.6 Å². The predicted octanol–water partition coefficient (Wildman–Crippen LogP) is 3.42. The molecule has 0 aliphatic carbocycles. The molecule has 3 aromatic rings. The molecule has 1 aromatic carbocycles. The molecule has 25 heavy (non-hydrogen) atoms. The highest BCUT2D eigenvalue weighted by Gasteiger charge is 2.31. The number of alkyl halides is 3. The summed E-state index contributed by atoms with van der Waals surface area (Å²) in [6.07, 6.45) is 1.43. The van der Waals surface area contributed by atoms with E-state index in [0.29, 0.717) is 5.82 Å². The number of anilines is 1. The van der Waals surface area contributed by atoms with Crippen molar-refractivity contribution in [3.8, 4) is 11.6 Å². The lowest BCUT2D eigenvalue weighted by Crippen LogP contribution is -2.17. The minimum absolute atomic E-state index is 0.172. The lowest BCUT2D eigenvalue weighted by Gasteiger charge is -2.11. The second-order valence-corrected chi connectivity index (χ2v) is 4.90. The van der Waals surface area contributed by atoms with Crippen LogP contribution in [0.5, 0.6) is 5.75 Å². The van der Waals surface area contributed by atoms with Crippen molar-refractivity contribution in [2.24, 2.45) is 0 Å². The highest BCUT2D eigenvalue weighted by molar-refractivity contribution is 6.04. The van der Waals surface area contributed by atoms with E-state index in [-0.39, 0.29) is 11.3 Å². The molecule has 2 heterocycles. The second kappa shape index (κ2) is 6.63. The molecule has 0 radical (unpaired) electrons. The average Bonchev–Trinajstić information content (AvgIpc) is 3.08. The fraction of sp³-hybridized carbons (Fsp3) is 0.0625. The minimum atomic E-state index is -4.80. The number of amides is 1. The van der Waals surface area contributed by atoms with Gasteiger partial charge in [-0.25, -0.2) is 9.97 Å². The van der Waals surface area contributed by atoms with Crippen molar-refractivity contribution in [2.75, 3.05) is 5.32 Å². The Morgan fingerprint density at radius 2 is 2.04 bits per heavy atom. The number of pyridine rings is 1. The van der Waals surface area contributed by atoms with E-state index < -0.39 is 18.0 Å². The highest BCUT2D eigenvalue weighted by atomic mass is 19.4. The van der Waals surface area contributed by atoms with Gasteiger partial charge in [0, 0.05) is 30.3 Å². The summed E-state index contributed by atoms with van der Waals surface area (Å²) in [6, 6.07) is 8.20. The van der Waals surface area contributed by atoms with Gasteiger partial charge in [0.2, 0.25) is 0 Å². The Labute approximate surface area is 139 Å². The largest absolute Gasteiger partial charge is 0.573 e. The van der Waals surface area contributed by atoms with Gasteiger partial charge < -0.3 is 10.1 Å². The summed E-state index contributed by atoms with van der Waals surface area (Å²) in [4.78, 5) is 20.2. The molecule has 0 bridgehead atoms. The first-order valence-corrected chi connectivity index (χ1v) is 7.02. The number of nitrogens with one attached hydrogen (secondary N) is 1. The minimum Gasteiger partial charge on any atom is -0.406 e. The summed E-state index contributed by atoms with van der Waals surface area (Å²) >= 11 is 0. The predicted molar refractivity (Wildman–Crippen MR) is 82.4 cm³/mol. The first-order chi connectivity index (χ1) is 11.9. The first-order valence-electron chi connectivity index (χ1n) is 7.02. The van der Waals surface area contributed by atoms with E-state index in [1.165, 1.54) is 18.3 Å². The first kappa shape index (κ1) is 16.5. The molecule has 0 spiro atoms. The number of benzene rings is 1. The third-order valence-electron chi connectivity index (χ3n) is 3.10. The SMILES string of the molecule is O=C(Nc1cccc(OC(F)(F)F)c1)c1ccc(-n2ccnc2)nc1. The number of imidazole rings is 1. The van der Waals surface area contributed by atoms with Gasteiger partial charge in [-0.15, -0.1) is 13.2 Å². The molecule has 0 aliphatic rings. The number of hydrogen-bond acceptors (Lipinski definition) is 4. The molecule has 1 N–H and O–H groups in total. The van der Waals surface area contributed by atoms with Gasteiger partial charge in [-0.3, -0.25) is 9.36 Å². The van der Waals surface area contributed by atoms with E-state index in [1.807, 2.05) is 0 Å². The summed E-state index contributed by atoms with van der Waals surface area (Å²) in [7, 11) is 0. The zero-order valence-electron chi connectivity index (χ0n) is 12.6. The quantitative estimate of drug-likeness (QED) is 0.784. The maximum atomic E-state index is 12.2. The molecule has 0 atom stereocenters. The van der Waals surface area contributed by atoms with E-state index >= 15 is 0 Å². The van der Waals surface area contributed by atoms with Crippen LogP contribution in [0.25, 0.3) is 5.82 Å². The molecule has 0 saturated heterocycles. The molecule has 0 aliphatic heterocycles. The van der Waals surface area contributed by atoms with Gasteiger partial charge in [0.25, 0.3) is 5.91 Å². The summed E-state index contributed by atoms with van der Waals surface area (Å²) in [6.45, 7) is 0. The van der Waals surface area contributed by atoms with Crippen molar-refractivity contribution in [3.63, 3.8) is 0 Å². The van der Waals surface area contributed by atoms with Crippen LogP contribution in [0.2, 0.25) is 0 Å². The Bertz CT molecular complexity index is 862. The van der Waals surface area contributed by atoms with Gasteiger partial charge in [-0.2, -0.15) is 0 Å². The van der Waals surface area contributed by atoms with Crippen LogP contribution >= 0.6 is 0 Å². The van der Waals surface area contributed by atoms with E-state index in [4.69, 9.17) is 0 Å². The van der Waals surface area contributed by atoms with Crippen LogP contribution in [0.1, 0.15) is 10.4 Å². The smallest absolute Gasteiger partial charge is 0.406 e. The Hall–Kier alpha value is -3.36. The normalized spacial score (nSPS) is 11.2. The van der Waals surface area contributed by atoms with Gasteiger partial charge in [0.05, 0.1) is 5.56 Å². The van der Waals surface area contributed by atoms with E-state index in [2.05, 4.69) is 20.0 Å². The number of rotatable bonds is 4. The third-order valence-corrected chi connectivity index (χ3v) is 3.10. The lowest BCUT2D eigenvalue weighted by molar-refractivity contribution is -0.274. The van der Waals surface area contributed by atoms with Crippen LogP contribution < -0.4 is 10.1 Å². The molecule has 1 amide bonds. The Morgan fingerprint density at radius 3 is 2.68 bits per heavy atom. The molecular weight excluding hydrogens is 337 g/mol. The lowest BCUT2D eigenvalue weighted by atomic mass is 10.2. The Balaban J connectivity index is 1.71. The number of halogens is 3. The van der Waals surface area contributed by atoms with E-state index in [1.54, 1.807) is 35.4 Å². The maximum Gasteiger partial charge on any atom is 0.573 e. The number of carbonyl (C=O) groups excluding carboxylic acids is 1. The van der Waals surface area contributed by atoms with Gasteiger partial charge >= 0.3 is 6.36 Å². The molecule has 0 unspecified atom stereocenters. The fourth-order valence-electron chi connectivity index (χ4n) is 2.04. The summed E-state index contributed by atoms with van der Waals surface area (Å²) < 4.78 is 42.2. The zero-order valence-corrected chi connectivity index (χ0v) is 12.6. The van der Waals surface area contributed by atoms with Gasteiger partial charge in [-0.05, 0) is 24.3 Å². The maximum absolute atomic E-state index is 12.2. The number of aromatic nitrogens is 3. The molecule has 9 heteroatoms. The highest BCUT2D eigenvalue weighted by Crippen LogP contribution is 2.25. The van der Waals surface area contributed by atoms with Crippen molar-refractivity contribution in [3.05, 3.63) is 66.9 Å². The van der Waals surface area contributed by atoms with Crippen LogP contribution in [-0.4, -0.2) is 26.8 Å². The van der Waals surface area contributed by atoms with Crippen molar-refractivity contribution in [1.82, 2.24) is 14.5 Å². The third kappa shape index (κ3) is 4.34. The number of hydrogen-bond donors (Lipinski definition) is 1. The van der Waals surface area contributed by atoms with Crippen molar-refractivity contribution in [2.45, 2.75) is 6.36 Å². The zero-order chi connectivity index (χ0) is 17.9. The molecule has 3 rings (SSSR count). The van der Waals surface area contributed by atoms with E-state index in [9.17, 15) is 18.0 Å². The van der Waals surface area contributed by atoms with Crippen LogP contribution in [-0.2, 0) is 0 Å². The molecular formula is C16H11F3N4O2. The number of carbonyl (C=O) groups is 1. The van der Waals surface area contributed by atoms with Crippen LogP contribution in [0.3, 0.4) is 0 Å². The van der Waals surface area contributed by atoms with Crippen LogP contribution in [0.15, 0.2) is 61.3 Å². The molecule has 0 fully saturated rings. The monoisotopic (exact) mass is 348 g/mol. The Morgan fingerprint density at radius 1 is 1.20 bits per heavy atom. The van der Waals surface area contributed by atoms with Crippen LogP contribution in [0, 0.1) is 0 Å². The van der Waals surface area contributed by atoms with Crippen molar-refractivity contribution in [1.29, 1.82) is 0 Å². The molecule has 6 nitrogen and oxygen atoms in total. The van der Waals surface area contributed by atoms with E-state index in [0.717, 1.165) is 12.1 Å². The summed E-state index contributed by atoms with van der Waals surface area (Å²) in [5.41, 5.74) is 0.427. The van der Waals surface area contributed by atoms with Crippen molar-refractivity contribution < 1.29 is 22.7 Å². The average molecular weight is 348 g/mol. The molecule has 2 aromatic heterocycles. The Kier molecular flexibility index (Phi) is 4.38. The standard InChI is InChI=1S/C16H11F3N4O2/c17-16(18,19)25-13-3-1-2-12(8-13)22-15(24)11-4-5-14(21-9-11)23-7-6-20-10-23/h1-10H,(H,22,24). The fourth-order valence-corrected chi connectivity index (χ4v) is 2.04. The second-order valence-electron chi connectivity index (χ2n) is 4.90. The molecule has 128 valence electrons. The van der Waals surface area contributed by atoms with Gasteiger partial charge in [0.15, 0.2) is 0 Å². The van der Waals surface area contributed by atoms with Crippen LogP contribution in [0.4, 0.5) is 18.9 Å². The van der Waals surface area contributed by atoms with Gasteiger partial charge in [0.1, 0.15) is 17.9 Å². The topological polar surface area (TPSA) is 69.0 Å².